The Morgan fingerprint density at radius 2 is 1.84 bits per heavy atom. The lowest BCUT2D eigenvalue weighted by Crippen LogP contribution is -2.30. The number of aromatic nitrogens is 2. The van der Waals surface area contributed by atoms with Crippen LogP contribution in [0.4, 0.5) is 5.82 Å². The van der Waals surface area contributed by atoms with Gasteiger partial charge in [-0.15, -0.1) is 0 Å². The summed E-state index contributed by atoms with van der Waals surface area (Å²) >= 11 is 3.58. The summed E-state index contributed by atoms with van der Waals surface area (Å²) < 4.78 is 6.66. The lowest BCUT2D eigenvalue weighted by atomic mass is 9.95. The summed E-state index contributed by atoms with van der Waals surface area (Å²) in [5.41, 5.74) is 0.605. The third-order valence-corrected chi connectivity index (χ3v) is 4.38. The molecule has 0 saturated heterocycles. The van der Waals surface area contributed by atoms with E-state index >= 15 is 0 Å². The first kappa shape index (κ1) is 16.4. The maximum Gasteiger partial charge on any atom is 0.162 e. The summed E-state index contributed by atoms with van der Waals surface area (Å²) in [6, 6.07) is 0. The minimum atomic E-state index is -0.407. The standard InChI is InChI=1S/C14H24BrN3O/c1-7-14(8-2,19-6)13-17-11(9(3)4)10(15)12(16-5)18-13/h9H,7-8H2,1-6H3,(H,16,17,18). The first-order chi connectivity index (χ1) is 8.95. The molecule has 1 rings (SSSR count). The molecular weight excluding hydrogens is 306 g/mol. The zero-order valence-electron chi connectivity index (χ0n) is 12.7. The van der Waals surface area contributed by atoms with Crippen molar-refractivity contribution in [2.24, 2.45) is 0 Å². The SMILES string of the molecule is CCC(CC)(OC)c1nc(NC)c(Br)c(C(C)C)n1. The van der Waals surface area contributed by atoms with Crippen LogP contribution in [-0.2, 0) is 10.3 Å². The number of anilines is 1. The average molecular weight is 330 g/mol. The molecular formula is C14H24BrN3O. The number of nitrogens with one attached hydrogen (secondary N) is 1. The van der Waals surface area contributed by atoms with Crippen molar-refractivity contribution in [2.45, 2.75) is 52.1 Å². The Kier molecular flexibility index (Phi) is 5.74. The highest BCUT2D eigenvalue weighted by molar-refractivity contribution is 9.10. The predicted molar refractivity (Wildman–Crippen MR) is 82.6 cm³/mol. The number of nitrogens with zero attached hydrogens (tertiary/aromatic N) is 2. The highest BCUT2D eigenvalue weighted by Gasteiger charge is 2.33. The summed E-state index contributed by atoms with van der Waals surface area (Å²) in [5.74, 6) is 1.90. The largest absolute Gasteiger partial charge is 0.372 e. The van der Waals surface area contributed by atoms with Gasteiger partial charge in [-0.05, 0) is 34.7 Å². The zero-order chi connectivity index (χ0) is 14.6. The van der Waals surface area contributed by atoms with Crippen LogP contribution in [0.5, 0.6) is 0 Å². The summed E-state index contributed by atoms with van der Waals surface area (Å²) in [6.45, 7) is 8.46. The van der Waals surface area contributed by atoms with Crippen LogP contribution in [0.1, 0.15) is 58.0 Å². The van der Waals surface area contributed by atoms with Crippen molar-refractivity contribution in [3.8, 4) is 0 Å². The topological polar surface area (TPSA) is 47.0 Å². The van der Waals surface area contributed by atoms with E-state index in [1.54, 1.807) is 7.11 Å². The molecule has 108 valence electrons. The maximum absolute atomic E-state index is 5.73. The van der Waals surface area contributed by atoms with Crippen LogP contribution in [0.2, 0.25) is 0 Å². The highest BCUT2D eigenvalue weighted by Crippen LogP contribution is 2.35. The Morgan fingerprint density at radius 3 is 2.21 bits per heavy atom. The summed E-state index contributed by atoms with van der Waals surface area (Å²) in [6.07, 6.45) is 1.70. The van der Waals surface area contributed by atoms with Crippen molar-refractivity contribution in [3.05, 3.63) is 16.0 Å². The molecule has 0 atom stereocenters. The van der Waals surface area contributed by atoms with Gasteiger partial charge in [-0.1, -0.05) is 27.7 Å². The smallest absolute Gasteiger partial charge is 0.162 e. The minimum absolute atomic E-state index is 0.325. The lowest BCUT2D eigenvalue weighted by Gasteiger charge is -2.29. The molecule has 0 aliphatic carbocycles. The van der Waals surface area contributed by atoms with Crippen molar-refractivity contribution in [1.82, 2.24) is 9.97 Å². The third kappa shape index (κ3) is 3.08. The fraction of sp³-hybridized carbons (Fsp3) is 0.714. The molecule has 0 aliphatic heterocycles. The first-order valence-corrected chi connectivity index (χ1v) is 7.55. The fourth-order valence-corrected chi connectivity index (χ4v) is 3.00. The molecule has 1 aromatic heterocycles. The molecule has 0 spiro atoms. The summed E-state index contributed by atoms with van der Waals surface area (Å²) in [5, 5.41) is 3.12. The van der Waals surface area contributed by atoms with Gasteiger partial charge in [-0.2, -0.15) is 0 Å². The van der Waals surface area contributed by atoms with Crippen LogP contribution in [0.3, 0.4) is 0 Å². The van der Waals surface area contributed by atoms with Crippen LogP contribution in [0.15, 0.2) is 4.47 Å². The van der Waals surface area contributed by atoms with E-state index in [0.717, 1.165) is 34.7 Å². The Hall–Kier alpha value is -0.680. The summed E-state index contributed by atoms with van der Waals surface area (Å²) in [7, 11) is 3.60. The fourth-order valence-electron chi connectivity index (χ4n) is 2.16. The molecule has 0 fully saturated rings. The van der Waals surface area contributed by atoms with Crippen LogP contribution in [0.25, 0.3) is 0 Å². The molecule has 1 N–H and O–H groups in total. The number of hydrogen-bond acceptors (Lipinski definition) is 4. The maximum atomic E-state index is 5.73. The van der Waals surface area contributed by atoms with E-state index in [1.807, 2.05) is 7.05 Å². The van der Waals surface area contributed by atoms with Crippen molar-refractivity contribution in [2.75, 3.05) is 19.5 Å². The van der Waals surface area contributed by atoms with E-state index in [9.17, 15) is 0 Å². The van der Waals surface area contributed by atoms with E-state index in [2.05, 4.69) is 53.9 Å². The van der Waals surface area contributed by atoms with Crippen molar-refractivity contribution < 1.29 is 4.74 Å². The van der Waals surface area contributed by atoms with E-state index in [0.29, 0.717) is 5.92 Å². The normalized spacial score (nSPS) is 12.0. The molecule has 1 heterocycles. The average Bonchev–Trinajstić information content (AvgIpc) is 2.42. The second-order valence-corrected chi connectivity index (χ2v) is 5.70. The predicted octanol–water partition coefficient (Wildman–Crippen LogP) is 4.07. The molecule has 19 heavy (non-hydrogen) atoms. The molecule has 4 nitrogen and oxygen atoms in total. The van der Waals surface area contributed by atoms with Crippen LogP contribution in [0, 0.1) is 0 Å². The van der Waals surface area contributed by atoms with E-state index in [1.165, 1.54) is 0 Å². The number of halogens is 1. The number of ether oxygens (including phenoxy) is 1. The van der Waals surface area contributed by atoms with Gasteiger partial charge in [0.1, 0.15) is 11.4 Å². The molecule has 0 radical (unpaired) electrons. The van der Waals surface area contributed by atoms with Gasteiger partial charge in [0.15, 0.2) is 5.82 Å². The van der Waals surface area contributed by atoms with Gasteiger partial charge < -0.3 is 10.1 Å². The number of hydrogen-bond donors (Lipinski definition) is 1. The molecule has 0 bridgehead atoms. The molecule has 0 aliphatic rings. The minimum Gasteiger partial charge on any atom is -0.372 e. The van der Waals surface area contributed by atoms with E-state index in [-0.39, 0.29) is 0 Å². The molecule has 0 aromatic carbocycles. The Bertz CT molecular complexity index is 423. The van der Waals surface area contributed by atoms with Crippen LogP contribution in [-0.4, -0.2) is 24.1 Å². The Labute approximate surface area is 124 Å². The van der Waals surface area contributed by atoms with Crippen molar-refractivity contribution >= 4 is 21.7 Å². The van der Waals surface area contributed by atoms with E-state index in [4.69, 9.17) is 9.72 Å². The van der Waals surface area contributed by atoms with Gasteiger partial charge in [0.25, 0.3) is 0 Å². The van der Waals surface area contributed by atoms with Crippen LogP contribution >= 0.6 is 15.9 Å². The second kappa shape index (κ2) is 6.66. The molecule has 0 saturated carbocycles. The monoisotopic (exact) mass is 329 g/mol. The third-order valence-electron chi connectivity index (χ3n) is 3.60. The van der Waals surface area contributed by atoms with Crippen LogP contribution < -0.4 is 5.32 Å². The van der Waals surface area contributed by atoms with E-state index < -0.39 is 5.60 Å². The van der Waals surface area contributed by atoms with Gasteiger partial charge >= 0.3 is 0 Å². The Morgan fingerprint density at radius 1 is 1.26 bits per heavy atom. The van der Waals surface area contributed by atoms with Crippen molar-refractivity contribution in [3.63, 3.8) is 0 Å². The molecule has 0 amide bonds. The van der Waals surface area contributed by atoms with Crippen molar-refractivity contribution in [1.29, 1.82) is 0 Å². The second-order valence-electron chi connectivity index (χ2n) is 4.91. The van der Waals surface area contributed by atoms with Gasteiger partial charge in [0.05, 0.1) is 10.2 Å². The number of methoxy groups -OCH3 is 1. The number of rotatable bonds is 6. The zero-order valence-corrected chi connectivity index (χ0v) is 14.3. The summed E-state index contributed by atoms with van der Waals surface area (Å²) in [4.78, 5) is 9.37. The van der Waals surface area contributed by atoms with Gasteiger partial charge in [0.2, 0.25) is 0 Å². The molecule has 5 heteroatoms. The van der Waals surface area contributed by atoms with Gasteiger partial charge in [-0.25, -0.2) is 9.97 Å². The van der Waals surface area contributed by atoms with Gasteiger partial charge in [-0.3, -0.25) is 0 Å². The quantitative estimate of drug-likeness (QED) is 0.854. The molecule has 1 aromatic rings. The molecule has 0 unspecified atom stereocenters. The van der Waals surface area contributed by atoms with Gasteiger partial charge in [0, 0.05) is 14.2 Å². The highest BCUT2D eigenvalue weighted by atomic mass is 79.9. The Balaban J connectivity index is 3.47. The first-order valence-electron chi connectivity index (χ1n) is 6.76. The lowest BCUT2D eigenvalue weighted by molar-refractivity contribution is -0.0292.